The minimum absolute atomic E-state index is 0.120. The number of hydrogen-bond acceptors (Lipinski definition) is 2. The lowest BCUT2D eigenvalue weighted by Gasteiger charge is -2.25. The van der Waals surface area contributed by atoms with Crippen LogP contribution in [-0.2, 0) is 9.59 Å². The third-order valence-corrected chi connectivity index (χ3v) is 2.85. The molecular weight excluding hydrogens is 252 g/mol. The van der Waals surface area contributed by atoms with Crippen LogP contribution in [0, 0.1) is 0 Å². The molecule has 0 aliphatic carbocycles. The Morgan fingerprint density at radius 1 is 1.44 bits per heavy atom. The van der Waals surface area contributed by atoms with Crippen molar-refractivity contribution in [1.82, 2.24) is 10.2 Å². The summed E-state index contributed by atoms with van der Waals surface area (Å²) in [6.07, 6.45) is 3.16. The van der Waals surface area contributed by atoms with E-state index >= 15 is 0 Å². The standard InChI is InChI=1S/C13H13ClN2O2/c14-11-3-1-2-10(8-11)4-5-13(18)16-7-6-15-12(17)9-16/h1-5,8H,6-7,9H2,(H,15,17)/b5-4-. The molecule has 0 aromatic heterocycles. The molecule has 1 aliphatic rings. The highest BCUT2D eigenvalue weighted by Crippen LogP contribution is 2.12. The number of rotatable bonds is 2. The SMILES string of the molecule is O=C1CN(C(=O)/C=C\c2cccc(Cl)c2)CCN1. The van der Waals surface area contributed by atoms with E-state index in [-0.39, 0.29) is 18.4 Å². The molecule has 5 heteroatoms. The summed E-state index contributed by atoms with van der Waals surface area (Å²) in [5.74, 6) is -0.282. The lowest BCUT2D eigenvalue weighted by Crippen LogP contribution is -2.49. The third kappa shape index (κ3) is 3.34. The molecule has 0 unspecified atom stereocenters. The van der Waals surface area contributed by atoms with Crippen LogP contribution in [-0.4, -0.2) is 36.3 Å². The van der Waals surface area contributed by atoms with Crippen molar-refractivity contribution in [2.45, 2.75) is 0 Å². The van der Waals surface area contributed by atoms with Crippen molar-refractivity contribution in [3.05, 3.63) is 40.9 Å². The zero-order valence-corrected chi connectivity index (χ0v) is 10.5. The summed E-state index contributed by atoms with van der Waals surface area (Å²) < 4.78 is 0. The van der Waals surface area contributed by atoms with Gasteiger partial charge in [0.25, 0.3) is 0 Å². The van der Waals surface area contributed by atoms with Gasteiger partial charge >= 0.3 is 0 Å². The minimum Gasteiger partial charge on any atom is -0.353 e. The number of nitrogens with one attached hydrogen (secondary N) is 1. The molecule has 0 saturated carbocycles. The van der Waals surface area contributed by atoms with Crippen LogP contribution in [0.4, 0.5) is 0 Å². The largest absolute Gasteiger partial charge is 0.353 e. The van der Waals surface area contributed by atoms with Crippen LogP contribution in [0.15, 0.2) is 30.3 Å². The number of halogens is 1. The number of carbonyl (C=O) groups is 2. The van der Waals surface area contributed by atoms with Gasteiger partial charge in [-0.1, -0.05) is 23.7 Å². The Bertz CT molecular complexity index is 500. The number of benzene rings is 1. The van der Waals surface area contributed by atoms with Gasteiger partial charge in [-0.25, -0.2) is 0 Å². The fourth-order valence-electron chi connectivity index (χ4n) is 1.71. The van der Waals surface area contributed by atoms with Gasteiger partial charge in [0, 0.05) is 24.2 Å². The van der Waals surface area contributed by atoms with Gasteiger partial charge in [0.15, 0.2) is 0 Å². The van der Waals surface area contributed by atoms with Crippen molar-refractivity contribution in [3.63, 3.8) is 0 Å². The molecule has 0 radical (unpaired) electrons. The average molecular weight is 265 g/mol. The Morgan fingerprint density at radius 2 is 2.28 bits per heavy atom. The van der Waals surface area contributed by atoms with Gasteiger partial charge < -0.3 is 10.2 Å². The Labute approximate surface area is 110 Å². The Kier molecular flexibility index (Phi) is 3.99. The van der Waals surface area contributed by atoms with Crippen molar-refractivity contribution in [3.8, 4) is 0 Å². The van der Waals surface area contributed by atoms with Crippen LogP contribution in [0.1, 0.15) is 5.56 Å². The molecule has 1 heterocycles. The lowest BCUT2D eigenvalue weighted by molar-refractivity contribution is -0.134. The van der Waals surface area contributed by atoms with E-state index in [4.69, 9.17) is 11.6 Å². The fourth-order valence-corrected chi connectivity index (χ4v) is 1.91. The van der Waals surface area contributed by atoms with Gasteiger partial charge in [-0.2, -0.15) is 0 Å². The summed E-state index contributed by atoms with van der Waals surface area (Å²) in [6, 6.07) is 7.23. The van der Waals surface area contributed by atoms with Gasteiger partial charge in [0.2, 0.25) is 11.8 Å². The van der Waals surface area contributed by atoms with Gasteiger partial charge in [-0.05, 0) is 23.8 Å². The quantitative estimate of drug-likeness (QED) is 0.819. The first-order chi connectivity index (χ1) is 8.65. The molecule has 1 aromatic carbocycles. The monoisotopic (exact) mass is 264 g/mol. The smallest absolute Gasteiger partial charge is 0.247 e. The molecular formula is C13H13ClN2O2. The highest BCUT2D eigenvalue weighted by Gasteiger charge is 2.18. The van der Waals surface area contributed by atoms with Crippen LogP contribution in [0.3, 0.4) is 0 Å². The van der Waals surface area contributed by atoms with E-state index in [1.165, 1.54) is 11.0 Å². The van der Waals surface area contributed by atoms with E-state index in [1.807, 2.05) is 12.1 Å². The number of piperazine rings is 1. The highest BCUT2D eigenvalue weighted by molar-refractivity contribution is 6.30. The predicted molar refractivity (Wildman–Crippen MR) is 70.1 cm³/mol. The molecule has 2 rings (SSSR count). The molecule has 1 saturated heterocycles. The first kappa shape index (κ1) is 12.6. The second-order valence-electron chi connectivity index (χ2n) is 4.00. The molecule has 1 fully saturated rings. The van der Waals surface area contributed by atoms with Gasteiger partial charge in [-0.3, -0.25) is 9.59 Å². The molecule has 1 aliphatic heterocycles. The van der Waals surface area contributed by atoms with Gasteiger partial charge in [0.1, 0.15) is 0 Å². The van der Waals surface area contributed by atoms with Crippen molar-refractivity contribution < 1.29 is 9.59 Å². The van der Waals surface area contributed by atoms with Crippen LogP contribution in [0.5, 0.6) is 0 Å². The zero-order valence-electron chi connectivity index (χ0n) is 9.73. The summed E-state index contributed by atoms with van der Waals surface area (Å²) in [5, 5.41) is 3.30. The molecule has 1 N–H and O–H groups in total. The van der Waals surface area contributed by atoms with Crippen molar-refractivity contribution >= 4 is 29.5 Å². The molecule has 4 nitrogen and oxygen atoms in total. The Hall–Kier alpha value is -1.81. The van der Waals surface area contributed by atoms with Crippen LogP contribution in [0.25, 0.3) is 6.08 Å². The third-order valence-electron chi connectivity index (χ3n) is 2.62. The van der Waals surface area contributed by atoms with E-state index in [1.54, 1.807) is 18.2 Å². The number of nitrogens with zero attached hydrogens (tertiary/aromatic N) is 1. The Balaban J connectivity index is 2.00. The zero-order chi connectivity index (χ0) is 13.0. The Morgan fingerprint density at radius 3 is 3.00 bits per heavy atom. The van der Waals surface area contributed by atoms with E-state index in [0.717, 1.165) is 5.56 Å². The summed E-state index contributed by atoms with van der Waals surface area (Å²) in [7, 11) is 0. The molecule has 0 bridgehead atoms. The molecule has 18 heavy (non-hydrogen) atoms. The summed E-state index contributed by atoms with van der Waals surface area (Å²) >= 11 is 5.85. The lowest BCUT2D eigenvalue weighted by atomic mass is 10.2. The maximum Gasteiger partial charge on any atom is 0.247 e. The summed E-state index contributed by atoms with van der Waals surface area (Å²) in [6.45, 7) is 1.18. The maximum absolute atomic E-state index is 11.8. The predicted octanol–water partition coefficient (Wildman–Crippen LogP) is 1.31. The van der Waals surface area contributed by atoms with E-state index < -0.39 is 0 Å². The molecule has 1 aromatic rings. The van der Waals surface area contributed by atoms with Crippen LogP contribution in [0.2, 0.25) is 5.02 Å². The number of hydrogen-bond donors (Lipinski definition) is 1. The normalized spacial score (nSPS) is 15.8. The number of amides is 2. The first-order valence-electron chi connectivity index (χ1n) is 5.64. The second kappa shape index (κ2) is 5.69. The fraction of sp³-hybridized carbons (Fsp3) is 0.231. The minimum atomic E-state index is -0.162. The second-order valence-corrected chi connectivity index (χ2v) is 4.43. The van der Waals surface area contributed by atoms with Crippen molar-refractivity contribution in [2.24, 2.45) is 0 Å². The average Bonchev–Trinajstić information content (AvgIpc) is 2.36. The molecule has 94 valence electrons. The summed E-state index contributed by atoms with van der Waals surface area (Å²) in [4.78, 5) is 24.5. The topological polar surface area (TPSA) is 49.4 Å². The van der Waals surface area contributed by atoms with E-state index in [0.29, 0.717) is 18.1 Å². The molecule has 2 amide bonds. The molecule has 0 spiro atoms. The van der Waals surface area contributed by atoms with Crippen LogP contribution >= 0.6 is 11.6 Å². The van der Waals surface area contributed by atoms with E-state index in [2.05, 4.69) is 5.32 Å². The van der Waals surface area contributed by atoms with Gasteiger partial charge in [0.05, 0.1) is 6.54 Å². The van der Waals surface area contributed by atoms with Gasteiger partial charge in [-0.15, -0.1) is 0 Å². The van der Waals surface area contributed by atoms with Crippen molar-refractivity contribution in [1.29, 1.82) is 0 Å². The highest BCUT2D eigenvalue weighted by atomic mass is 35.5. The first-order valence-corrected chi connectivity index (χ1v) is 6.02. The molecule has 0 atom stereocenters. The van der Waals surface area contributed by atoms with E-state index in [9.17, 15) is 9.59 Å². The van der Waals surface area contributed by atoms with Crippen LogP contribution < -0.4 is 5.32 Å². The maximum atomic E-state index is 11.8. The summed E-state index contributed by atoms with van der Waals surface area (Å²) in [5.41, 5.74) is 0.859. The number of carbonyl (C=O) groups excluding carboxylic acids is 2. The van der Waals surface area contributed by atoms with Crippen molar-refractivity contribution in [2.75, 3.05) is 19.6 Å².